The van der Waals surface area contributed by atoms with E-state index in [9.17, 15) is 9.90 Å². The van der Waals surface area contributed by atoms with Crippen LogP contribution in [0.4, 0.5) is 0 Å². The van der Waals surface area contributed by atoms with Crippen LogP contribution in [0.3, 0.4) is 0 Å². The van der Waals surface area contributed by atoms with Crippen molar-refractivity contribution in [1.82, 2.24) is 0 Å². The van der Waals surface area contributed by atoms with E-state index in [2.05, 4.69) is 0 Å². The van der Waals surface area contributed by atoms with Crippen molar-refractivity contribution >= 4 is 5.78 Å². The van der Waals surface area contributed by atoms with Gasteiger partial charge in [0, 0.05) is 5.92 Å². The largest absolute Gasteiger partial charge is 0.387 e. The van der Waals surface area contributed by atoms with E-state index in [1.54, 1.807) is 0 Å². The number of aliphatic hydroxyl groups excluding tert-OH is 1. The fourth-order valence-electron chi connectivity index (χ4n) is 4.16. The lowest BCUT2D eigenvalue weighted by Crippen LogP contribution is -2.57. The summed E-state index contributed by atoms with van der Waals surface area (Å²) in [5, 5.41) is 10.9. The molecule has 3 aliphatic rings. The Hall–Kier alpha value is -1.45. The van der Waals surface area contributed by atoms with Crippen molar-refractivity contribution in [2.24, 2.45) is 11.3 Å². The van der Waals surface area contributed by atoms with Crippen LogP contribution in [-0.2, 0) is 9.53 Å². The third kappa shape index (κ3) is 1.45. The van der Waals surface area contributed by atoms with Crippen molar-refractivity contribution in [3.05, 3.63) is 48.0 Å². The molecule has 4 bridgehead atoms. The Morgan fingerprint density at radius 1 is 1.25 bits per heavy atom. The normalized spacial score (nSPS) is 39.9. The standard InChI is InChI=1S/C17H18O3/c18-15(11-5-2-1-3-6-11)17-10-4-7-12(16(17)19)13-8-9-14(17)20-13/h1-3,5-6,8-9,12-15,18H,4,7,10H2/t12-,13-,14+,15-,17+/m0/s1. The van der Waals surface area contributed by atoms with E-state index in [0.717, 1.165) is 18.4 Å². The van der Waals surface area contributed by atoms with Gasteiger partial charge in [-0.15, -0.1) is 0 Å². The van der Waals surface area contributed by atoms with Gasteiger partial charge in [0.05, 0.1) is 23.7 Å². The van der Waals surface area contributed by atoms with E-state index in [4.69, 9.17) is 4.74 Å². The van der Waals surface area contributed by atoms with E-state index >= 15 is 0 Å². The predicted molar refractivity (Wildman–Crippen MR) is 74.0 cm³/mol. The van der Waals surface area contributed by atoms with Gasteiger partial charge < -0.3 is 9.84 Å². The number of aliphatic hydroxyl groups is 1. The van der Waals surface area contributed by atoms with Crippen LogP contribution in [0.25, 0.3) is 0 Å². The zero-order chi connectivity index (χ0) is 13.7. The van der Waals surface area contributed by atoms with Crippen LogP contribution in [0.2, 0.25) is 0 Å². The zero-order valence-corrected chi connectivity index (χ0v) is 11.2. The van der Waals surface area contributed by atoms with Crippen molar-refractivity contribution in [2.45, 2.75) is 37.6 Å². The smallest absolute Gasteiger partial charge is 0.150 e. The fourth-order valence-corrected chi connectivity index (χ4v) is 4.16. The maximum atomic E-state index is 12.9. The van der Waals surface area contributed by atoms with E-state index in [1.165, 1.54) is 0 Å². The molecular formula is C17H18O3. The molecule has 0 aromatic heterocycles. The third-order valence-electron chi connectivity index (χ3n) is 5.19. The monoisotopic (exact) mass is 270 g/mol. The summed E-state index contributed by atoms with van der Waals surface area (Å²) in [6.07, 6.45) is 5.45. The molecule has 2 aliphatic heterocycles. The lowest BCUT2D eigenvalue weighted by Gasteiger charge is -2.50. The van der Waals surface area contributed by atoms with Crippen molar-refractivity contribution in [3.8, 4) is 0 Å². The molecule has 3 nitrogen and oxygen atoms in total. The maximum Gasteiger partial charge on any atom is 0.150 e. The number of ketones is 1. The van der Waals surface area contributed by atoms with Gasteiger partial charge in [-0.3, -0.25) is 4.79 Å². The Bertz CT molecular complexity index is 565. The molecule has 1 saturated carbocycles. The number of hydrogen-bond acceptors (Lipinski definition) is 3. The Kier molecular flexibility index (Phi) is 2.63. The lowest BCUT2D eigenvalue weighted by atomic mass is 9.60. The summed E-state index contributed by atoms with van der Waals surface area (Å²) in [7, 11) is 0. The molecule has 0 unspecified atom stereocenters. The molecule has 4 rings (SSSR count). The minimum atomic E-state index is -0.785. The van der Waals surface area contributed by atoms with Crippen molar-refractivity contribution in [2.75, 3.05) is 0 Å². The first-order chi connectivity index (χ1) is 9.73. The van der Waals surface area contributed by atoms with Gasteiger partial charge in [-0.1, -0.05) is 48.9 Å². The van der Waals surface area contributed by atoms with Gasteiger partial charge >= 0.3 is 0 Å². The second kappa shape index (κ2) is 4.27. The number of benzene rings is 1. The van der Waals surface area contributed by atoms with Crippen LogP contribution in [0.15, 0.2) is 42.5 Å². The minimum absolute atomic E-state index is 0.0658. The highest BCUT2D eigenvalue weighted by Gasteiger charge is 2.61. The van der Waals surface area contributed by atoms with Crippen molar-refractivity contribution < 1.29 is 14.6 Å². The Morgan fingerprint density at radius 3 is 2.85 bits per heavy atom. The molecule has 0 spiro atoms. The summed E-state index contributed by atoms with van der Waals surface area (Å²) in [4.78, 5) is 12.9. The molecule has 20 heavy (non-hydrogen) atoms. The lowest BCUT2D eigenvalue weighted by molar-refractivity contribution is -0.185. The van der Waals surface area contributed by atoms with Crippen LogP contribution in [-0.4, -0.2) is 23.1 Å². The Labute approximate surface area is 118 Å². The number of fused-ring (bicyclic) bond motifs is 6. The molecule has 1 aromatic rings. The van der Waals surface area contributed by atoms with Gasteiger partial charge in [-0.25, -0.2) is 0 Å². The molecule has 0 radical (unpaired) electrons. The highest BCUT2D eigenvalue weighted by atomic mass is 16.5. The van der Waals surface area contributed by atoms with Gasteiger partial charge in [0.2, 0.25) is 0 Å². The molecule has 5 atom stereocenters. The second-order valence-corrected chi connectivity index (χ2v) is 6.12. The van der Waals surface area contributed by atoms with Crippen LogP contribution in [0, 0.1) is 11.3 Å². The van der Waals surface area contributed by atoms with Gasteiger partial charge in [0.1, 0.15) is 0 Å². The van der Waals surface area contributed by atoms with Gasteiger partial charge in [0.15, 0.2) is 5.78 Å². The summed E-state index contributed by atoms with van der Waals surface area (Å²) < 4.78 is 5.99. The van der Waals surface area contributed by atoms with E-state index in [0.29, 0.717) is 6.42 Å². The van der Waals surface area contributed by atoms with E-state index < -0.39 is 11.5 Å². The molecule has 104 valence electrons. The number of ether oxygens (including phenoxy) is 1. The maximum absolute atomic E-state index is 12.9. The Morgan fingerprint density at radius 2 is 2.05 bits per heavy atom. The van der Waals surface area contributed by atoms with Gasteiger partial charge in [-0.2, -0.15) is 0 Å². The summed E-state index contributed by atoms with van der Waals surface area (Å²) in [5.41, 5.74) is 0.0252. The number of Topliss-reactive ketones (excluding diaryl/α,β-unsaturated/α-hetero) is 1. The summed E-state index contributed by atoms with van der Waals surface area (Å²) in [5.74, 6) is 0.128. The fraction of sp³-hybridized carbons (Fsp3) is 0.471. The molecule has 3 heteroatoms. The van der Waals surface area contributed by atoms with Crippen molar-refractivity contribution in [1.29, 1.82) is 0 Å². The quantitative estimate of drug-likeness (QED) is 0.839. The number of hydrogen-bond donors (Lipinski definition) is 1. The number of rotatable bonds is 2. The zero-order valence-electron chi connectivity index (χ0n) is 11.2. The van der Waals surface area contributed by atoms with Gasteiger partial charge in [-0.05, 0) is 18.4 Å². The average Bonchev–Trinajstić information content (AvgIpc) is 2.95. The SMILES string of the molecule is O=C1[C@H]2CCC[C@]1([C@@H](O)c1ccccc1)[C@H]1C=C[C@@H]2O1. The predicted octanol–water partition coefficient (Wildman–Crippen LogP) is 2.41. The topological polar surface area (TPSA) is 46.5 Å². The van der Waals surface area contributed by atoms with Crippen LogP contribution < -0.4 is 0 Å². The molecular weight excluding hydrogens is 252 g/mol. The van der Waals surface area contributed by atoms with E-state index in [-0.39, 0.29) is 23.9 Å². The highest BCUT2D eigenvalue weighted by molar-refractivity contribution is 5.91. The van der Waals surface area contributed by atoms with E-state index in [1.807, 2.05) is 42.5 Å². The summed E-state index contributed by atoms with van der Waals surface area (Å²) >= 11 is 0. The number of carbonyl (C=O) groups excluding carboxylic acids is 1. The van der Waals surface area contributed by atoms with Crippen LogP contribution in [0.5, 0.6) is 0 Å². The van der Waals surface area contributed by atoms with Crippen LogP contribution in [0.1, 0.15) is 30.9 Å². The number of carbonyl (C=O) groups is 1. The van der Waals surface area contributed by atoms with Crippen LogP contribution >= 0.6 is 0 Å². The Balaban J connectivity index is 1.81. The highest BCUT2D eigenvalue weighted by Crippen LogP contribution is 2.55. The summed E-state index contributed by atoms with van der Waals surface area (Å²) in [6, 6.07) is 9.50. The molecule has 1 aliphatic carbocycles. The molecule has 0 amide bonds. The molecule has 2 heterocycles. The second-order valence-electron chi connectivity index (χ2n) is 6.12. The molecule has 1 N–H and O–H groups in total. The first-order valence-electron chi connectivity index (χ1n) is 7.34. The molecule has 1 aromatic carbocycles. The molecule has 1 saturated heterocycles. The minimum Gasteiger partial charge on any atom is -0.387 e. The summed E-state index contributed by atoms with van der Waals surface area (Å²) in [6.45, 7) is 0. The average molecular weight is 270 g/mol. The molecule has 2 fully saturated rings. The third-order valence-corrected chi connectivity index (χ3v) is 5.19. The van der Waals surface area contributed by atoms with Gasteiger partial charge in [0.25, 0.3) is 0 Å². The first kappa shape index (κ1) is 12.3. The first-order valence-corrected chi connectivity index (χ1v) is 7.34. The van der Waals surface area contributed by atoms with Crippen molar-refractivity contribution in [3.63, 3.8) is 0 Å².